The highest BCUT2D eigenvalue weighted by atomic mass is 16.5. The number of alkyl carbamates (subject to hydrolysis) is 1. The molecule has 10 N–H and O–H groups in total. The molecule has 408 valence electrons. The van der Waals surface area contributed by atoms with Crippen molar-refractivity contribution < 1.29 is 52.6 Å². The van der Waals surface area contributed by atoms with E-state index in [4.69, 9.17) is 15.2 Å². The van der Waals surface area contributed by atoms with Gasteiger partial charge in [0.1, 0.15) is 24.4 Å². The van der Waals surface area contributed by atoms with Gasteiger partial charge in [0.25, 0.3) is 0 Å². The molecule has 0 saturated carbocycles. The average molecular weight is 1060 g/mol. The first kappa shape index (κ1) is 56.4. The zero-order chi connectivity index (χ0) is 54.7. The van der Waals surface area contributed by atoms with Crippen LogP contribution in [0.1, 0.15) is 72.3 Å². The van der Waals surface area contributed by atoms with Gasteiger partial charge in [-0.1, -0.05) is 91.0 Å². The molecule has 7 rings (SSSR count). The number of ether oxygens (including phenoxy) is 2. The summed E-state index contributed by atoms with van der Waals surface area (Å²) in [6.45, 7) is 0.0631. The van der Waals surface area contributed by atoms with Crippen LogP contribution in [0.5, 0.6) is 5.75 Å². The summed E-state index contributed by atoms with van der Waals surface area (Å²) in [5, 5.41) is 21.1. The number of hydrogen-bond donors (Lipinski definition) is 9. The number of likely N-dealkylation sites (N-methyl/N-ethyl adjacent to an activating group) is 1. The van der Waals surface area contributed by atoms with Gasteiger partial charge in [0.2, 0.25) is 47.3 Å². The van der Waals surface area contributed by atoms with Crippen molar-refractivity contribution in [2.75, 3.05) is 66.1 Å². The number of carbonyl (C=O) groups excluding carboxylic acids is 9. The van der Waals surface area contributed by atoms with Crippen LogP contribution >= 0.6 is 0 Å². The number of hydrogen-bond acceptors (Lipinski definition) is 12. The van der Waals surface area contributed by atoms with Crippen LogP contribution in [0.2, 0.25) is 0 Å². The topological polar surface area (TPSA) is 298 Å². The Balaban J connectivity index is 1.04. The van der Waals surface area contributed by atoms with Gasteiger partial charge in [-0.05, 0) is 71.3 Å². The molecule has 2 heterocycles. The predicted molar refractivity (Wildman–Crippen MR) is 283 cm³/mol. The second kappa shape index (κ2) is 27.5. The van der Waals surface area contributed by atoms with Crippen LogP contribution < -0.4 is 53.0 Å². The summed E-state index contributed by atoms with van der Waals surface area (Å²) in [7, 11) is 2.07. The van der Waals surface area contributed by atoms with Gasteiger partial charge < -0.3 is 62.6 Å². The third kappa shape index (κ3) is 15.6. The Kier molecular flexibility index (Phi) is 20.1. The van der Waals surface area contributed by atoms with Crippen LogP contribution in [0.4, 0.5) is 4.79 Å². The Hall–Kier alpha value is -8.33. The van der Waals surface area contributed by atoms with Crippen molar-refractivity contribution in [3.63, 3.8) is 0 Å². The van der Waals surface area contributed by atoms with E-state index < -0.39 is 83.9 Å². The maximum atomic E-state index is 14.6. The van der Waals surface area contributed by atoms with E-state index in [1.54, 1.807) is 30.3 Å². The summed E-state index contributed by atoms with van der Waals surface area (Å²) < 4.78 is 11.9. The smallest absolute Gasteiger partial charge is 0.407 e. The largest absolute Gasteiger partial charge is 0.493 e. The minimum Gasteiger partial charge on any atom is -0.493 e. The number of primary amides is 1. The molecule has 21 heteroatoms. The highest BCUT2D eigenvalue weighted by Crippen LogP contribution is 2.44. The Morgan fingerprint density at radius 2 is 1.47 bits per heavy atom. The third-order valence-corrected chi connectivity index (χ3v) is 13.8. The summed E-state index contributed by atoms with van der Waals surface area (Å²) in [4.78, 5) is 124. The van der Waals surface area contributed by atoms with Gasteiger partial charge in [0.15, 0.2) is 5.41 Å². The first-order chi connectivity index (χ1) is 37.2. The standard InChI is InChI=1S/C56H68N10O11/c1-66-29-24-38-37(32-66)13-9-18-46(38)76-30-10-25-58-48(68)22-27-60-53(73)56(34-62-49(69)21-26-59-51(71)44(19-20-47(57)67)64-50(70)23-28-61-54(56)74)35-63-52(72)45(31-36-11-3-2-4-12-36)65-55(75)77-33-43-41-16-7-5-14-39(41)40-15-6-8-17-42(40)43/h2-9,11-18,43-45H,10,19-35H2,1H3,(H2,57,67)(H,58,68)(H,59,71)(H,60,73)(H,61,74)(H,62,69)(H,63,72)(H,64,70)(H,65,75)/t44-,45-,56?/m0/s1. The lowest BCUT2D eigenvalue weighted by atomic mass is 9.84. The van der Waals surface area contributed by atoms with Crippen molar-refractivity contribution in [2.24, 2.45) is 11.1 Å². The fourth-order valence-electron chi connectivity index (χ4n) is 9.61. The van der Waals surface area contributed by atoms with Crippen LogP contribution in [0.15, 0.2) is 97.1 Å². The van der Waals surface area contributed by atoms with E-state index >= 15 is 0 Å². The Labute approximate surface area is 446 Å². The molecule has 1 unspecified atom stereocenters. The number of nitrogens with one attached hydrogen (secondary N) is 8. The summed E-state index contributed by atoms with van der Waals surface area (Å²) in [6.07, 6.45) is -0.841. The van der Waals surface area contributed by atoms with E-state index in [0.717, 1.165) is 47.5 Å². The molecule has 77 heavy (non-hydrogen) atoms. The summed E-state index contributed by atoms with van der Waals surface area (Å²) >= 11 is 0. The molecule has 21 nitrogen and oxygen atoms in total. The van der Waals surface area contributed by atoms with Crippen LogP contribution in [-0.4, -0.2) is 136 Å². The van der Waals surface area contributed by atoms with Crippen molar-refractivity contribution in [2.45, 2.75) is 75.9 Å². The van der Waals surface area contributed by atoms with Crippen molar-refractivity contribution in [3.05, 3.63) is 125 Å². The van der Waals surface area contributed by atoms with E-state index in [1.165, 1.54) is 11.1 Å². The van der Waals surface area contributed by atoms with Crippen molar-refractivity contribution in [1.29, 1.82) is 0 Å². The molecule has 4 aromatic carbocycles. The number of carbonyl (C=O) groups is 9. The lowest BCUT2D eigenvalue weighted by Gasteiger charge is -2.32. The molecule has 1 fully saturated rings. The molecular formula is C56H68N10O11. The Morgan fingerprint density at radius 3 is 2.21 bits per heavy atom. The van der Waals surface area contributed by atoms with Gasteiger partial charge in [-0.3, -0.25) is 38.4 Å². The number of nitrogens with zero attached hydrogens (tertiary/aromatic N) is 1. The van der Waals surface area contributed by atoms with Crippen LogP contribution in [-0.2, 0) is 62.5 Å². The second-order valence-corrected chi connectivity index (χ2v) is 19.4. The fraction of sp³-hybridized carbons (Fsp3) is 0.411. The van der Waals surface area contributed by atoms with Gasteiger partial charge in [0, 0.05) is 90.4 Å². The minimum absolute atomic E-state index is 0.0342. The zero-order valence-electron chi connectivity index (χ0n) is 43.2. The van der Waals surface area contributed by atoms with Gasteiger partial charge in [0.05, 0.1) is 6.61 Å². The average Bonchev–Trinajstić information content (AvgIpc) is 3.77. The van der Waals surface area contributed by atoms with Crippen molar-refractivity contribution in [3.8, 4) is 16.9 Å². The summed E-state index contributed by atoms with van der Waals surface area (Å²) in [6, 6.07) is 28.0. The van der Waals surface area contributed by atoms with Gasteiger partial charge in [-0.2, -0.15) is 0 Å². The maximum absolute atomic E-state index is 14.6. The first-order valence-corrected chi connectivity index (χ1v) is 26.0. The van der Waals surface area contributed by atoms with Crippen LogP contribution in [0.3, 0.4) is 0 Å². The molecule has 1 saturated heterocycles. The predicted octanol–water partition coefficient (Wildman–Crippen LogP) is 1.21. The number of rotatable bonds is 20. The van der Waals surface area contributed by atoms with Gasteiger partial charge >= 0.3 is 6.09 Å². The summed E-state index contributed by atoms with van der Waals surface area (Å²) in [5.74, 6) is -5.40. The van der Waals surface area contributed by atoms with E-state index in [0.29, 0.717) is 18.6 Å². The molecule has 0 aromatic heterocycles. The molecule has 2 aliphatic heterocycles. The SMILES string of the molecule is CN1CCc2c(cccc2OCCCNC(=O)CCNC(=O)C2(CNC(=O)[C@H](Cc3ccccc3)NC(=O)OCC3c4ccccc4-c4ccccc43)CNC(=O)CCNC(=O)[C@H](CCC(N)=O)NC(=O)CCNC2=O)C1. The molecule has 0 bridgehead atoms. The summed E-state index contributed by atoms with van der Waals surface area (Å²) in [5.41, 5.74) is 10.1. The molecule has 0 radical (unpaired) electrons. The monoisotopic (exact) mass is 1060 g/mol. The number of benzene rings is 4. The van der Waals surface area contributed by atoms with E-state index in [-0.39, 0.29) is 77.2 Å². The Morgan fingerprint density at radius 1 is 0.766 bits per heavy atom. The van der Waals surface area contributed by atoms with Crippen molar-refractivity contribution in [1.82, 2.24) is 47.4 Å². The second-order valence-electron chi connectivity index (χ2n) is 19.4. The van der Waals surface area contributed by atoms with Gasteiger partial charge in [-0.25, -0.2) is 4.79 Å². The molecule has 3 atom stereocenters. The number of nitrogens with two attached hydrogens (primary N) is 1. The molecular weight excluding hydrogens is 989 g/mol. The Bertz CT molecular complexity index is 2750. The number of fused-ring (bicyclic) bond motifs is 4. The highest BCUT2D eigenvalue weighted by Gasteiger charge is 2.47. The van der Waals surface area contributed by atoms with Gasteiger partial charge in [-0.15, -0.1) is 0 Å². The van der Waals surface area contributed by atoms with E-state index in [1.807, 2.05) is 60.7 Å². The fourth-order valence-corrected chi connectivity index (χ4v) is 9.61. The third-order valence-electron chi connectivity index (χ3n) is 13.8. The van der Waals surface area contributed by atoms with E-state index in [9.17, 15) is 43.2 Å². The van der Waals surface area contributed by atoms with Crippen LogP contribution in [0.25, 0.3) is 11.1 Å². The normalized spacial score (nSPS) is 18.4. The lowest BCUT2D eigenvalue weighted by Crippen LogP contribution is -2.63. The maximum Gasteiger partial charge on any atom is 0.407 e. The minimum atomic E-state index is -2.32. The quantitative estimate of drug-likeness (QED) is 0.0446. The zero-order valence-corrected chi connectivity index (χ0v) is 43.2. The lowest BCUT2D eigenvalue weighted by molar-refractivity contribution is -0.144. The molecule has 0 spiro atoms. The molecule has 1 aliphatic carbocycles. The van der Waals surface area contributed by atoms with Crippen molar-refractivity contribution >= 4 is 53.4 Å². The van der Waals surface area contributed by atoms with E-state index in [2.05, 4.69) is 60.5 Å². The molecule has 3 aliphatic rings. The van der Waals surface area contributed by atoms with Crippen LogP contribution in [0, 0.1) is 5.41 Å². The highest BCUT2D eigenvalue weighted by molar-refractivity contribution is 6.07. The first-order valence-electron chi connectivity index (χ1n) is 26.0. The molecule has 9 amide bonds. The molecule has 4 aromatic rings. The number of amides is 9.